The van der Waals surface area contributed by atoms with Crippen molar-refractivity contribution in [2.24, 2.45) is 0 Å². The second-order valence-corrected chi connectivity index (χ2v) is 5.85. The van der Waals surface area contributed by atoms with Gasteiger partial charge in [0.2, 0.25) is 5.91 Å². The number of nitrogens with one attached hydrogen (secondary N) is 1. The maximum Gasteiger partial charge on any atom is 0.258 e. The van der Waals surface area contributed by atoms with Gasteiger partial charge >= 0.3 is 0 Å². The molecule has 2 aromatic rings. The van der Waals surface area contributed by atoms with Gasteiger partial charge in [-0.15, -0.1) is 6.42 Å². The molecule has 0 fully saturated rings. The van der Waals surface area contributed by atoms with Crippen molar-refractivity contribution in [3.8, 4) is 12.3 Å². The van der Waals surface area contributed by atoms with Gasteiger partial charge in [0, 0.05) is 29.4 Å². The minimum Gasteiger partial charge on any atom is -0.358 e. The van der Waals surface area contributed by atoms with Crippen LogP contribution in [0.1, 0.15) is 38.8 Å². The Kier molecular flexibility index (Phi) is 5.92. The van der Waals surface area contributed by atoms with Crippen LogP contribution in [0.25, 0.3) is 0 Å². The molecule has 0 aromatic heterocycles. The van der Waals surface area contributed by atoms with Crippen LogP contribution in [0.2, 0.25) is 0 Å². The van der Waals surface area contributed by atoms with E-state index in [9.17, 15) is 14.4 Å². The Bertz CT molecular complexity index is 910. The van der Waals surface area contributed by atoms with E-state index in [0.29, 0.717) is 22.4 Å². The molecule has 0 radical (unpaired) electrons. The minimum absolute atomic E-state index is 0.121. The lowest BCUT2D eigenvalue weighted by Gasteiger charge is -2.23. The molecule has 0 aliphatic rings. The highest BCUT2D eigenvalue weighted by molar-refractivity contribution is 6.10. The van der Waals surface area contributed by atoms with E-state index < -0.39 is 0 Å². The first-order chi connectivity index (χ1) is 12.4. The van der Waals surface area contributed by atoms with Crippen LogP contribution in [0.5, 0.6) is 0 Å². The summed E-state index contributed by atoms with van der Waals surface area (Å²) in [6.45, 7) is 3.10. The summed E-state index contributed by atoms with van der Waals surface area (Å²) in [5, 5.41) is 2.51. The number of carbonyl (C=O) groups is 3. The van der Waals surface area contributed by atoms with Gasteiger partial charge in [-0.05, 0) is 49.7 Å². The number of carbonyl (C=O) groups excluding carboxylic acids is 3. The summed E-state index contributed by atoms with van der Waals surface area (Å²) in [6, 6.07) is 11.8. The number of hydrogen-bond acceptors (Lipinski definition) is 3. The van der Waals surface area contributed by atoms with Crippen LogP contribution in [0.3, 0.4) is 0 Å². The number of amides is 2. The number of anilines is 1. The molecular formula is C21H20N2O3. The lowest BCUT2D eigenvalue weighted by atomic mass is 10.0. The number of rotatable bonds is 5. The van der Waals surface area contributed by atoms with Crippen molar-refractivity contribution in [2.75, 3.05) is 18.5 Å². The highest BCUT2D eigenvalue weighted by Crippen LogP contribution is 2.20. The SMILES string of the molecule is C#Cc1cccc(N(CC(=O)NC)C(=O)c2ccc(C)c(C(C)=O)c2)c1. The molecule has 5 heteroatoms. The summed E-state index contributed by atoms with van der Waals surface area (Å²) in [5.74, 6) is 1.70. The van der Waals surface area contributed by atoms with E-state index in [0.717, 1.165) is 5.56 Å². The predicted octanol–water partition coefficient (Wildman–Crippen LogP) is 2.57. The van der Waals surface area contributed by atoms with Crippen LogP contribution in [0.15, 0.2) is 42.5 Å². The lowest BCUT2D eigenvalue weighted by Crippen LogP contribution is -2.40. The highest BCUT2D eigenvalue weighted by atomic mass is 16.2. The van der Waals surface area contributed by atoms with Gasteiger partial charge < -0.3 is 5.32 Å². The molecule has 0 atom stereocenters. The second-order valence-electron chi connectivity index (χ2n) is 5.85. The first kappa shape index (κ1) is 18.9. The molecule has 2 amide bonds. The zero-order chi connectivity index (χ0) is 19.3. The van der Waals surface area contributed by atoms with Crippen LogP contribution < -0.4 is 10.2 Å². The zero-order valence-electron chi connectivity index (χ0n) is 15.0. The van der Waals surface area contributed by atoms with Crippen molar-refractivity contribution >= 4 is 23.3 Å². The van der Waals surface area contributed by atoms with Crippen molar-refractivity contribution in [3.05, 3.63) is 64.7 Å². The van der Waals surface area contributed by atoms with E-state index in [1.54, 1.807) is 42.5 Å². The average molecular weight is 348 g/mol. The Morgan fingerprint density at radius 3 is 2.50 bits per heavy atom. The molecule has 0 saturated heterocycles. The van der Waals surface area contributed by atoms with Gasteiger partial charge in [-0.25, -0.2) is 0 Å². The summed E-state index contributed by atoms with van der Waals surface area (Å²) in [7, 11) is 1.50. The van der Waals surface area contributed by atoms with Crippen molar-refractivity contribution in [3.63, 3.8) is 0 Å². The van der Waals surface area contributed by atoms with Crippen molar-refractivity contribution in [1.82, 2.24) is 5.32 Å². The summed E-state index contributed by atoms with van der Waals surface area (Å²) < 4.78 is 0. The third-order valence-electron chi connectivity index (χ3n) is 4.01. The summed E-state index contributed by atoms with van der Waals surface area (Å²) in [4.78, 5) is 38.1. The average Bonchev–Trinajstić information content (AvgIpc) is 2.65. The van der Waals surface area contributed by atoms with Gasteiger partial charge in [0.15, 0.2) is 5.78 Å². The molecule has 1 N–H and O–H groups in total. The van der Waals surface area contributed by atoms with E-state index in [2.05, 4.69) is 11.2 Å². The third-order valence-corrected chi connectivity index (χ3v) is 4.01. The zero-order valence-corrected chi connectivity index (χ0v) is 15.0. The molecule has 5 nitrogen and oxygen atoms in total. The first-order valence-electron chi connectivity index (χ1n) is 8.08. The van der Waals surface area contributed by atoms with Gasteiger partial charge in [0.1, 0.15) is 6.54 Å². The molecule has 132 valence electrons. The Morgan fingerprint density at radius 1 is 1.15 bits per heavy atom. The molecule has 2 aromatic carbocycles. The van der Waals surface area contributed by atoms with Gasteiger partial charge in [0.05, 0.1) is 0 Å². The van der Waals surface area contributed by atoms with Gasteiger partial charge in [-0.3, -0.25) is 19.3 Å². The van der Waals surface area contributed by atoms with E-state index >= 15 is 0 Å². The summed E-state index contributed by atoms with van der Waals surface area (Å²) >= 11 is 0. The quantitative estimate of drug-likeness (QED) is 0.667. The Hall–Kier alpha value is -3.39. The van der Waals surface area contributed by atoms with Gasteiger partial charge in [0.25, 0.3) is 5.91 Å². The summed E-state index contributed by atoms with van der Waals surface area (Å²) in [5.41, 5.74) is 2.72. The molecule has 0 saturated carbocycles. The molecule has 0 spiro atoms. The third kappa shape index (κ3) is 4.17. The number of hydrogen-bond donors (Lipinski definition) is 1. The number of Topliss-reactive ketones (excluding diaryl/α,β-unsaturated/α-hetero) is 1. The van der Waals surface area contributed by atoms with E-state index in [1.807, 2.05) is 6.92 Å². The Labute approximate surface area is 153 Å². The van der Waals surface area contributed by atoms with Gasteiger partial charge in [-0.1, -0.05) is 18.1 Å². The van der Waals surface area contributed by atoms with E-state index in [-0.39, 0.29) is 24.1 Å². The number of terminal acetylenes is 1. The molecule has 0 heterocycles. The van der Waals surface area contributed by atoms with Gasteiger partial charge in [-0.2, -0.15) is 0 Å². The molecule has 0 unspecified atom stereocenters. The molecule has 0 aliphatic heterocycles. The number of benzene rings is 2. The second kappa shape index (κ2) is 8.13. The predicted molar refractivity (Wildman–Crippen MR) is 101 cm³/mol. The number of aryl methyl sites for hydroxylation is 1. The molecular weight excluding hydrogens is 328 g/mol. The molecule has 0 bridgehead atoms. The topological polar surface area (TPSA) is 66.5 Å². The van der Waals surface area contributed by atoms with Crippen LogP contribution in [0, 0.1) is 19.3 Å². The largest absolute Gasteiger partial charge is 0.358 e. The maximum absolute atomic E-state index is 13.1. The fraction of sp³-hybridized carbons (Fsp3) is 0.190. The van der Waals surface area contributed by atoms with Crippen LogP contribution >= 0.6 is 0 Å². The highest BCUT2D eigenvalue weighted by Gasteiger charge is 2.21. The monoisotopic (exact) mass is 348 g/mol. The van der Waals surface area contributed by atoms with Crippen LogP contribution in [0.4, 0.5) is 5.69 Å². The number of nitrogens with zero attached hydrogens (tertiary/aromatic N) is 1. The summed E-state index contributed by atoms with van der Waals surface area (Å²) in [6.07, 6.45) is 5.43. The molecule has 26 heavy (non-hydrogen) atoms. The number of ketones is 1. The first-order valence-corrected chi connectivity index (χ1v) is 8.08. The van der Waals surface area contributed by atoms with Crippen molar-refractivity contribution in [2.45, 2.75) is 13.8 Å². The van der Waals surface area contributed by atoms with Crippen LogP contribution in [-0.2, 0) is 4.79 Å². The Morgan fingerprint density at radius 2 is 1.88 bits per heavy atom. The van der Waals surface area contributed by atoms with E-state index in [1.165, 1.54) is 18.9 Å². The minimum atomic E-state index is -0.384. The smallest absolute Gasteiger partial charge is 0.258 e. The van der Waals surface area contributed by atoms with Crippen molar-refractivity contribution < 1.29 is 14.4 Å². The number of likely N-dealkylation sites (N-methyl/N-ethyl adjacent to an activating group) is 1. The fourth-order valence-electron chi connectivity index (χ4n) is 2.56. The Balaban J connectivity index is 2.49. The molecule has 2 rings (SSSR count). The van der Waals surface area contributed by atoms with Crippen LogP contribution in [-0.4, -0.2) is 31.2 Å². The van der Waals surface area contributed by atoms with E-state index in [4.69, 9.17) is 6.42 Å². The van der Waals surface area contributed by atoms with Crippen molar-refractivity contribution in [1.29, 1.82) is 0 Å². The normalized spacial score (nSPS) is 9.92. The lowest BCUT2D eigenvalue weighted by molar-refractivity contribution is -0.119. The molecule has 0 aliphatic carbocycles. The maximum atomic E-state index is 13.1. The fourth-order valence-corrected chi connectivity index (χ4v) is 2.56. The standard InChI is InChI=1S/C21H20N2O3/c1-5-16-7-6-8-18(11-16)23(13-20(25)22-4)21(26)17-10-9-14(2)19(12-17)15(3)24/h1,6-12H,13H2,2-4H3,(H,22,25).